The zero-order chi connectivity index (χ0) is 17.1. The third kappa shape index (κ3) is 4.29. The van der Waals surface area contributed by atoms with E-state index in [1.807, 2.05) is 32.2 Å². The Balaban J connectivity index is 1.59. The lowest BCUT2D eigenvalue weighted by atomic mass is 10.1. The Hall–Kier alpha value is -2.02. The van der Waals surface area contributed by atoms with E-state index < -0.39 is 0 Å². The van der Waals surface area contributed by atoms with Gasteiger partial charge in [0.25, 0.3) is 0 Å². The fraction of sp³-hybridized carbons (Fsp3) is 0.529. The van der Waals surface area contributed by atoms with Crippen LogP contribution >= 0.6 is 11.3 Å². The Bertz CT molecular complexity index is 711. The largest absolute Gasteiger partial charge is 0.460 e. The van der Waals surface area contributed by atoms with Crippen LogP contribution in [0.3, 0.4) is 0 Å². The van der Waals surface area contributed by atoms with Crippen LogP contribution in [-0.4, -0.2) is 40.1 Å². The minimum atomic E-state index is -0.206. The van der Waals surface area contributed by atoms with E-state index >= 15 is 0 Å². The third-order valence-electron chi connectivity index (χ3n) is 3.94. The molecule has 1 fully saturated rings. The Labute approximate surface area is 145 Å². The number of hydrogen-bond acceptors (Lipinski definition) is 7. The van der Waals surface area contributed by atoms with Gasteiger partial charge < -0.3 is 9.64 Å². The molecule has 1 unspecified atom stereocenters. The quantitative estimate of drug-likeness (QED) is 0.793. The number of hydrogen-bond donors (Lipinski definition) is 0. The lowest BCUT2D eigenvalue weighted by molar-refractivity contribution is -0.148. The summed E-state index contributed by atoms with van der Waals surface area (Å²) in [6, 6.07) is 1.98. The SMILES string of the molecule is Cc1cc(N2CCCC(OC(=O)Cc3csc(C)n3)C2)nc(C)n1. The first kappa shape index (κ1) is 16.8. The molecular weight excluding hydrogens is 324 g/mol. The molecule has 0 bridgehead atoms. The van der Waals surface area contributed by atoms with Crippen LogP contribution in [0.5, 0.6) is 0 Å². The fourth-order valence-electron chi connectivity index (χ4n) is 2.97. The zero-order valence-electron chi connectivity index (χ0n) is 14.3. The molecule has 7 heteroatoms. The summed E-state index contributed by atoms with van der Waals surface area (Å²) in [6.45, 7) is 7.40. The molecular formula is C17H22N4O2S. The average molecular weight is 346 g/mol. The van der Waals surface area contributed by atoms with Gasteiger partial charge in [0.15, 0.2) is 0 Å². The number of carbonyl (C=O) groups excluding carboxylic acids is 1. The van der Waals surface area contributed by atoms with Crippen LogP contribution in [-0.2, 0) is 16.0 Å². The van der Waals surface area contributed by atoms with Gasteiger partial charge in [0.1, 0.15) is 17.7 Å². The fourth-order valence-corrected chi connectivity index (χ4v) is 3.58. The van der Waals surface area contributed by atoms with Crippen molar-refractivity contribution in [3.63, 3.8) is 0 Å². The summed E-state index contributed by atoms with van der Waals surface area (Å²) in [5.74, 6) is 1.47. The van der Waals surface area contributed by atoms with E-state index in [0.29, 0.717) is 6.54 Å². The van der Waals surface area contributed by atoms with E-state index in [1.165, 1.54) is 0 Å². The lowest BCUT2D eigenvalue weighted by Gasteiger charge is -2.33. The van der Waals surface area contributed by atoms with Crippen LogP contribution in [0.15, 0.2) is 11.4 Å². The molecule has 0 spiro atoms. The number of thiazole rings is 1. The molecule has 0 N–H and O–H groups in total. The average Bonchev–Trinajstić information content (AvgIpc) is 2.91. The van der Waals surface area contributed by atoms with Gasteiger partial charge in [-0.15, -0.1) is 11.3 Å². The third-order valence-corrected chi connectivity index (χ3v) is 4.77. The molecule has 0 aromatic carbocycles. The summed E-state index contributed by atoms with van der Waals surface area (Å²) < 4.78 is 5.66. The second-order valence-corrected chi connectivity index (χ2v) is 7.21. The highest BCUT2D eigenvalue weighted by Crippen LogP contribution is 2.21. The van der Waals surface area contributed by atoms with E-state index in [1.54, 1.807) is 11.3 Å². The van der Waals surface area contributed by atoms with Gasteiger partial charge >= 0.3 is 5.97 Å². The molecule has 3 rings (SSSR count). The lowest BCUT2D eigenvalue weighted by Crippen LogP contribution is -2.41. The Morgan fingerprint density at radius 1 is 1.33 bits per heavy atom. The minimum Gasteiger partial charge on any atom is -0.460 e. The number of esters is 1. The van der Waals surface area contributed by atoms with Gasteiger partial charge in [0.2, 0.25) is 0 Å². The standard InChI is InChI=1S/C17H22N4O2S/c1-11-7-16(19-12(2)18-11)21-6-4-5-15(9-21)23-17(22)8-14-10-24-13(3)20-14/h7,10,15H,4-6,8-9H2,1-3H3. The molecule has 6 nitrogen and oxygen atoms in total. The molecule has 2 aromatic rings. The molecule has 1 atom stereocenters. The van der Waals surface area contributed by atoms with Crippen molar-refractivity contribution in [3.05, 3.63) is 33.7 Å². The molecule has 0 aliphatic carbocycles. The molecule has 3 heterocycles. The molecule has 1 aliphatic rings. The predicted molar refractivity (Wildman–Crippen MR) is 93.4 cm³/mol. The van der Waals surface area contributed by atoms with Crippen LogP contribution in [0.2, 0.25) is 0 Å². The van der Waals surface area contributed by atoms with Crippen LogP contribution in [0.25, 0.3) is 0 Å². The first-order valence-electron chi connectivity index (χ1n) is 8.17. The summed E-state index contributed by atoms with van der Waals surface area (Å²) >= 11 is 1.55. The number of rotatable bonds is 4. The molecule has 0 radical (unpaired) electrons. The van der Waals surface area contributed by atoms with Crippen molar-refractivity contribution in [2.45, 2.75) is 46.1 Å². The highest BCUT2D eigenvalue weighted by Gasteiger charge is 2.24. The summed E-state index contributed by atoms with van der Waals surface area (Å²) in [5, 5.41) is 2.88. The topological polar surface area (TPSA) is 68.2 Å². The molecule has 0 amide bonds. The zero-order valence-corrected chi connectivity index (χ0v) is 15.1. The molecule has 128 valence electrons. The highest BCUT2D eigenvalue weighted by atomic mass is 32.1. The number of ether oxygens (including phenoxy) is 1. The second kappa shape index (κ2) is 7.25. The van der Waals surface area contributed by atoms with Crippen LogP contribution in [0.1, 0.15) is 35.1 Å². The van der Waals surface area contributed by atoms with Gasteiger partial charge in [-0.1, -0.05) is 0 Å². The second-order valence-electron chi connectivity index (χ2n) is 6.15. The van der Waals surface area contributed by atoms with E-state index in [9.17, 15) is 4.79 Å². The van der Waals surface area contributed by atoms with Gasteiger partial charge in [-0.25, -0.2) is 15.0 Å². The number of aromatic nitrogens is 3. The minimum absolute atomic E-state index is 0.0958. The summed E-state index contributed by atoms with van der Waals surface area (Å²) in [6.07, 6.45) is 2.02. The highest BCUT2D eigenvalue weighted by molar-refractivity contribution is 7.09. The van der Waals surface area contributed by atoms with Gasteiger partial charge in [0.05, 0.1) is 23.7 Å². The van der Waals surface area contributed by atoms with Gasteiger partial charge in [0, 0.05) is 23.7 Å². The van der Waals surface area contributed by atoms with Crippen molar-refractivity contribution < 1.29 is 9.53 Å². The van der Waals surface area contributed by atoms with Crippen LogP contribution in [0.4, 0.5) is 5.82 Å². The summed E-state index contributed by atoms with van der Waals surface area (Å²) in [7, 11) is 0. The van der Waals surface area contributed by atoms with Crippen molar-refractivity contribution >= 4 is 23.1 Å². The van der Waals surface area contributed by atoms with Crippen molar-refractivity contribution in [1.82, 2.24) is 15.0 Å². The van der Waals surface area contributed by atoms with E-state index in [4.69, 9.17) is 4.74 Å². The summed E-state index contributed by atoms with van der Waals surface area (Å²) in [4.78, 5) is 27.5. The van der Waals surface area contributed by atoms with E-state index in [-0.39, 0.29) is 18.5 Å². The van der Waals surface area contributed by atoms with Crippen molar-refractivity contribution in [2.24, 2.45) is 0 Å². The predicted octanol–water partition coefficient (Wildman–Crippen LogP) is 2.61. The van der Waals surface area contributed by atoms with Crippen LogP contribution in [0, 0.1) is 20.8 Å². The number of anilines is 1. The molecule has 0 saturated carbocycles. The van der Waals surface area contributed by atoms with Crippen molar-refractivity contribution in [1.29, 1.82) is 0 Å². The van der Waals surface area contributed by atoms with Crippen LogP contribution < -0.4 is 4.90 Å². The Kier molecular flexibility index (Phi) is 5.08. The number of carbonyl (C=O) groups is 1. The monoisotopic (exact) mass is 346 g/mol. The normalized spacial score (nSPS) is 17.8. The first-order chi connectivity index (χ1) is 11.5. The van der Waals surface area contributed by atoms with E-state index in [2.05, 4.69) is 19.9 Å². The Morgan fingerprint density at radius 2 is 2.17 bits per heavy atom. The first-order valence-corrected chi connectivity index (χ1v) is 9.05. The maximum absolute atomic E-state index is 12.1. The summed E-state index contributed by atoms with van der Waals surface area (Å²) in [5.41, 5.74) is 1.74. The van der Waals surface area contributed by atoms with Gasteiger partial charge in [-0.3, -0.25) is 4.79 Å². The molecule has 1 aliphatic heterocycles. The maximum atomic E-state index is 12.1. The molecule has 1 saturated heterocycles. The molecule has 2 aromatic heterocycles. The van der Waals surface area contributed by atoms with E-state index in [0.717, 1.165) is 47.4 Å². The van der Waals surface area contributed by atoms with Gasteiger partial charge in [-0.05, 0) is 33.6 Å². The maximum Gasteiger partial charge on any atom is 0.312 e. The number of aryl methyl sites for hydroxylation is 3. The van der Waals surface area contributed by atoms with Gasteiger partial charge in [-0.2, -0.15) is 0 Å². The number of piperidine rings is 1. The number of nitrogens with zero attached hydrogens (tertiary/aromatic N) is 4. The smallest absolute Gasteiger partial charge is 0.312 e. The Morgan fingerprint density at radius 3 is 2.88 bits per heavy atom. The molecule has 24 heavy (non-hydrogen) atoms. The van der Waals surface area contributed by atoms with Crippen molar-refractivity contribution in [3.8, 4) is 0 Å². The van der Waals surface area contributed by atoms with Crippen molar-refractivity contribution in [2.75, 3.05) is 18.0 Å².